The number of benzene rings is 9. The molecule has 11 N–H and O–H groups in total. The number of carbonyl (C=O) groups is 6. The third-order valence-corrected chi connectivity index (χ3v) is 29.6. The summed E-state index contributed by atoms with van der Waals surface area (Å²) in [6.45, 7) is 26.1. The molecule has 0 saturated heterocycles. The number of hydrogen-bond acceptors (Lipinski definition) is 20. The standard InChI is InChI=1S/C28H28N4O2.C25H24FN5O.2C22H27N3O.C20H25N3O2S/c29-27-31-28(22-11-3-1-4-12-22,23-13-5-2-6-14-23)26(34)32(27)19-20-15-17-24(18-16-20)30-25(33)21-9-7-8-10-21;1-25(20-14-18(11-13-28-20)19-4-3-12-29-22(19)26)21(23(32)31(2)24(27)30-25)17-9-7-16(8-10-17)15-5-6-15;2*1-21(2,3)16-13-11-15(12-14-16)18-19(26)25(5)20(23)24-22(18,4)17-9-7-6-8-10-17;1-5-6-25-16-8-13(2)7-14(9-16)15-10-17(26-12-15)20(3)11-18(24)23(4)19(21)22-20/h1-6,11-18,21H,7-10,19H2,(H2,29,31)(H,30,33);3-4,7-15,21H,5-6H2,1-2H3,(H2,27,30);2*6-14,18H,1-5H3,(H2,23,24);7-10,12H,5-6,11H2,1-4H3,(H2,21,22)/t;21-,25-;18-,22+;18-,22-;20-/m.1010/s1. The van der Waals surface area contributed by atoms with Crippen molar-refractivity contribution in [2.24, 2.45) is 59.5 Å². The van der Waals surface area contributed by atoms with Crippen LogP contribution < -0.4 is 38.7 Å². The molecule has 6 amide bonds. The van der Waals surface area contributed by atoms with Crippen LogP contribution in [0.1, 0.15) is 229 Å². The zero-order chi connectivity index (χ0) is 103. The highest BCUT2D eigenvalue weighted by atomic mass is 32.1. The van der Waals surface area contributed by atoms with Crippen molar-refractivity contribution in [3.63, 3.8) is 0 Å². The molecule has 27 heteroatoms. The summed E-state index contributed by atoms with van der Waals surface area (Å²) in [7, 11) is 6.65. The molecule has 0 bridgehead atoms. The molecule has 0 radical (unpaired) electrons. The minimum absolute atomic E-state index is 0.0132. The van der Waals surface area contributed by atoms with Crippen molar-refractivity contribution in [1.82, 2.24) is 34.5 Å². The molecule has 19 rings (SSSR count). The van der Waals surface area contributed by atoms with Crippen molar-refractivity contribution in [3.05, 3.63) is 368 Å². The number of amides is 6. The van der Waals surface area contributed by atoms with Gasteiger partial charge in [-0.3, -0.25) is 58.3 Å². The normalized spacial score (nSPS) is 21.5. The van der Waals surface area contributed by atoms with Crippen LogP contribution in [0.4, 0.5) is 10.1 Å². The Labute approximate surface area is 848 Å². The molecule has 744 valence electrons. The first kappa shape index (κ1) is 103. The number of aryl methyl sites for hydroxylation is 1. The zero-order valence-electron chi connectivity index (χ0n) is 85.0. The van der Waals surface area contributed by atoms with Crippen molar-refractivity contribution >= 4 is 82.3 Å². The lowest BCUT2D eigenvalue weighted by atomic mass is 9.74. The fourth-order valence-corrected chi connectivity index (χ4v) is 20.6. The summed E-state index contributed by atoms with van der Waals surface area (Å²) < 4.78 is 20.1. The topological polar surface area (TPSA) is 358 Å². The first-order valence-electron chi connectivity index (χ1n) is 49.1. The van der Waals surface area contributed by atoms with Crippen LogP contribution in [0, 0.1) is 18.8 Å². The molecule has 8 heterocycles. The number of nitrogens with zero attached hydrogens (tertiary/aromatic N) is 12. The fraction of sp³-hybridized carbons (Fsp3) is 0.325. The first-order chi connectivity index (χ1) is 68.6. The number of guanidine groups is 5. The van der Waals surface area contributed by atoms with E-state index >= 15 is 0 Å². The van der Waals surface area contributed by atoms with Crippen molar-refractivity contribution in [2.45, 2.75) is 203 Å². The molecule has 25 nitrogen and oxygen atoms in total. The molecule has 0 spiro atoms. The summed E-state index contributed by atoms with van der Waals surface area (Å²) >= 11 is 1.61. The van der Waals surface area contributed by atoms with E-state index in [-0.39, 0.29) is 82.0 Å². The van der Waals surface area contributed by atoms with Crippen molar-refractivity contribution < 1.29 is 37.9 Å². The number of aromatic nitrogens is 2. The van der Waals surface area contributed by atoms with Gasteiger partial charge in [-0.1, -0.05) is 274 Å². The lowest BCUT2D eigenvalue weighted by Crippen LogP contribution is -2.52. The fourth-order valence-electron chi connectivity index (χ4n) is 19.6. The smallest absolute Gasteiger partial charge is 0.266 e. The van der Waals surface area contributed by atoms with Gasteiger partial charge >= 0.3 is 0 Å². The van der Waals surface area contributed by atoms with Gasteiger partial charge in [-0.25, -0.2) is 29.9 Å². The van der Waals surface area contributed by atoms with E-state index in [4.69, 9.17) is 53.4 Å². The average molecular weight is 1950 g/mol. The number of nitrogens with one attached hydrogen (secondary N) is 1. The van der Waals surface area contributed by atoms with Crippen LogP contribution in [0.2, 0.25) is 0 Å². The highest BCUT2D eigenvalue weighted by molar-refractivity contribution is 7.10. The lowest BCUT2D eigenvalue weighted by Gasteiger charge is -2.41. The zero-order valence-corrected chi connectivity index (χ0v) is 85.8. The second-order valence-corrected chi connectivity index (χ2v) is 41.9. The van der Waals surface area contributed by atoms with Crippen LogP contribution in [0.5, 0.6) is 5.75 Å². The highest BCUT2D eigenvalue weighted by Gasteiger charge is 2.53. The van der Waals surface area contributed by atoms with Crippen molar-refractivity contribution in [2.75, 3.05) is 40.1 Å². The average Bonchev–Trinajstić information content (AvgIpc) is 1.60. The van der Waals surface area contributed by atoms with E-state index in [1.165, 1.54) is 60.2 Å². The Hall–Kier alpha value is -15.1. The molecular weight excluding hydrogens is 1820 g/mol. The maximum atomic E-state index is 14.3. The van der Waals surface area contributed by atoms with Crippen LogP contribution in [-0.4, -0.2) is 135 Å². The highest BCUT2D eigenvalue weighted by Crippen LogP contribution is 2.51. The van der Waals surface area contributed by atoms with E-state index in [0.29, 0.717) is 42.3 Å². The summed E-state index contributed by atoms with van der Waals surface area (Å²) in [5.41, 5.74) is 42.9. The molecule has 3 aromatic heterocycles. The number of halogens is 1. The van der Waals surface area contributed by atoms with Crippen molar-refractivity contribution in [3.8, 4) is 28.0 Å². The second kappa shape index (κ2) is 42.6. The van der Waals surface area contributed by atoms with Gasteiger partial charge in [0.2, 0.25) is 35.5 Å². The first-order valence-corrected chi connectivity index (χ1v) is 50.0. The molecule has 2 saturated carbocycles. The van der Waals surface area contributed by atoms with Crippen molar-refractivity contribution in [1.29, 1.82) is 0 Å². The minimum Gasteiger partial charge on any atom is -0.494 e. The molecule has 2 fully saturated rings. The summed E-state index contributed by atoms with van der Waals surface area (Å²) in [6, 6.07) is 86.5. The lowest BCUT2D eigenvalue weighted by molar-refractivity contribution is -0.131. The van der Waals surface area contributed by atoms with Gasteiger partial charge in [0, 0.05) is 62.6 Å². The second-order valence-electron chi connectivity index (χ2n) is 41.0. The molecule has 7 aliphatic rings. The predicted molar refractivity (Wildman–Crippen MR) is 572 cm³/mol. The molecule has 0 unspecified atom stereocenters. The maximum absolute atomic E-state index is 14.3. The van der Waals surface area contributed by atoms with E-state index in [1.807, 2.05) is 191 Å². The van der Waals surface area contributed by atoms with Gasteiger partial charge in [-0.15, -0.1) is 11.3 Å². The van der Waals surface area contributed by atoms with E-state index < -0.39 is 51.4 Å². The van der Waals surface area contributed by atoms with Gasteiger partial charge in [-0.2, -0.15) is 4.39 Å². The molecule has 9 aromatic carbocycles. The number of aliphatic imine (C=N–C) groups is 5. The Bertz CT molecular complexity index is 6660. The number of ether oxygens (including phenoxy) is 1. The summed E-state index contributed by atoms with van der Waals surface area (Å²) in [4.78, 5) is 118. The van der Waals surface area contributed by atoms with E-state index in [0.717, 1.165) is 110 Å². The Balaban J connectivity index is 0.000000136. The molecular formula is C117H131FN18O7S. The Kier molecular flexibility index (Phi) is 30.5. The molecule has 12 aromatic rings. The molecule has 5 aliphatic heterocycles. The quantitative estimate of drug-likeness (QED) is 0.0410. The largest absolute Gasteiger partial charge is 0.494 e. The van der Waals surface area contributed by atoms with E-state index in [2.05, 4.69) is 160 Å². The van der Waals surface area contributed by atoms with Gasteiger partial charge in [-0.05, 0) is 227 Å². The van der Waals surface area contributed by atoms with Crippen LogP contribution >= 0.6 is 11.3 Å². The molecule has 2 aliphatic carbocycles. The van der Waals surface area contributed by atoms with Gasteiger partial charge in [0.05, 0.1) is 43.0 Å². The summed E-state index contributed by atoms with van der Waals surface area (Å²) in [5, 5.41) is 5.12. The Morgan fingerprint density at radius 2 is 0.931 bits per heavy atom. The summed E-state index contributed by atoms with van der Waals surface area (Å²) in [5.74, 6) is 0.372. The van der Waals surface area contributed by atoms with Gasteiger partial charge in [0.25, 0.3) is 5.91 Å². The van der Waals surface area contributed by atoms with Crippen LogP contribution in [0.15, 0.2) is 310 Å². The number of hydrogen-bond donors (Lipinski definition) is 6. The van der Waals surface area contributed by atoms with Gasteiger partial charge in [0.1, 0.15) is 27.9 Å². The van der Waals surface area contributed by atoms with E-state index in [9.17, 15) is 33.2 Å². The number of nitrogens with two attached hydrogens (primary N) is 5. The maximum Gasteiger partial charge on any atom is 0.266 e. The monoisotopic (exact) mass is 1950 g/mol. The number of rotatable bonds is 19. The number of anilines is 1. The van der Waals surface area contributed by atoms with Gasteiger partial charge in [0.15, 0.2) is 35.3 Å². The number of pyridine rings is 2. The van der Waals surface area contributed by atoms with Crippen LogP contribution in [-0.2, 0) is 73.8 Å². The number of carbonyl (C=O) groups excluding carboxylic acids is 6. The Morgan fingerprint density at radius 1 is 0.472 bits per heavy atom. The SMILES string of the molecule is CCCOc1cc(C)cc(-c2csc([C@]3(C)CC(=O)N(C)C(N)=N3)c2)c1.CN1C(=O)[C@@H](c2ccc(C(C)(C)C)cc2)[C@@](C)(c2ccccc2)N=C1N.CN1C(=O)[C@@H](c2ccc(C3CC3)cc2)[C@@](C)(c2cc(-c3cccnc3F)ccn2)N=C1N.CN1C(=O)[C@H](c2ccc(C(C)(C)C)cc2)[C@@](C)(c2ccccc2)N=C1N.NC1=NC(c2ccccc2)(c2ccccc2)C(=O)N1Cc1ccc(NC(=O)C2CCCC2)cc1. The summed E-state index contributed by atoms with van der Waals surface area (Å²) in [6.07, 6.45) is 10.9. The minimum atomic E-state index is -1.21. The van der Waals surface area contributed by atoms with E-state index in [1.54, 1.807) is 70.0 Å². The molecule has 7 atom stereocenters. The van der Waals surface area contributed by atoms with Gasteiger partial charge < -0.3 is 38.7 Å². The predicted octanol–water partition coefficient (Wildman–Crippen LogP) is 19.8. The third-order valence-electron chi connectivity index (χ3n) is 28.4. The Morgan fingerprint density at radius 3 is 1.40 bits per heavy atom. The number of thiophene rings is 1. The molecule has 144 heavy (non-hydrogen) atoms. The van der Waals surface area contributed by atoms with Crippen LogP contribution in [0.3, 0.4) is 0 Å². The third kappa shape index (κ3) is 21.9. The van der Waals surface area contributed by atoms with Crippen LogP contribution in [0.25, 0.3) is 22.3 Å². The number of likely N-dealkylation sites (N-methyl/N-ethyl adjacent to an activating group) is 3.